The molecule has 55 heavy (non-hydrogen) atoms. The summed E-state index contributed by atoms with van der Waals surface area (Å²) in [5, 5.41) is 9.30. The minimum absolute atomic E-state index is 0.0256. The summed E-state index contributed by atoms with van der Waals surface area (Å²) in [4.78, 5) is 17.5. The van der Waals surface area contributed by atoms with Crippen molar-refractivity contribution in [3.63, 3.8) is 0 Å². The number of hydrogen-bond acceptors (Lipinski definition) is 11. The molecular formula is C39H41F5N8O2S. The molecule has 2 aromatic carbocycles. The monoisotopic (exact) mass is 780 g/mol. The third-order valence-electron chi connectivity index (χ3n) is 10.5. The predicted octanol–water partition coefficient (Wildman–Crippen LogP) is 8.87. The first-order chi connectivity index (χ1) is 26.3. The van der Waals surface area contributed by atoms with Crippen molar-refractivity contribution in [2.75, 3.05) is 55.8 Å². The van der Waals surface area contributed by atoms with E-state index in [0.717, 1.165) is 63.9 Å². The highest BCUT2D eigenvalue weighted by molar-refractivity contribution is 7.23. The number of nitrogen functional groups attached to an aromatic ring is 2. The number of fused-ring (bicyclic) bond motifs is 1. The summed E-state index contributed by atoms with van der Waals surface area (Å²) in [5.74, 6) is -2.71. The molecule has 1 atom stereocenters. The molecule has 4 N–H and O–H groups in total. The standard InChI is InChI=1S/C39H41F5N8O2S/c1-4-6-15-51(14-5-2)19-38(11-12-38)20-54-37-49-31-28-32(53-17-16-52(36(28)50-37)21(3)22-8-7-13-48-34(22)46)29(39(42,43)44)27(30(31)41)23-9-10-25(40)33-26(23)24(18-45)35(47)55-33/h7-10,13,21H,4-6,11-12,14-17,19-20,47H2,1-3H3,(H2,46,48). The highest BCUT2D eigenvalue weighted by atomic mass is 32.1. The number of hydrogen-bond donors (Lipinski definition) is 2. The van der Waals surface area contributed by atoms with Crippen LogP contribution < -0.4 is 25.8 Å². The molecule has 1 aliphatic carbocycles. The van der Waals surface area contributed by atoms with Gasteiger partial charge in [0.05, 0.1) is 34.8 Å². The zero-order chi connectivity index (χ0) is 39.2. The van der Waals surface area contributed by atoms with Gasteiger partial charge in [0.1, 0.15) is 52.0 Å². The fraction of sp³-hybridized carbons (Fsp3) is 0.436. The molecular weight excluding hydrogens is 740 g/mol. The number of pyridine rings is 1. The first kappa shape index (κ1) is 38.3. The number of aromatic nitrogens is 3. The number of halogens is 5. The lowest BCUT2D eigenvalue weighted by molar-refractivity contribution is -0.138. The molecule has 0 spiro atoms. The van der Waals surface area contributed by atoms with Crippen LogP contribution in [0.5, 0.6) is 11.8 Å². The van der Waals surface area contributed by atoms with Gasteiger partial charge in [-0.05, 0) is 63.4 Å². The van der Waals surface area contributed by atoms with Crippen LogP contribution in [-0.4, -0.2) is 59.2 Å². The molecule has 7 rings (SSSR count). The van der Waals surface area contributed by atoms with Crippen molar-refractivity contribution >= 4 is 49.0 Å². The Morgan fingerprint density at radius 3 is 2.56 bits per heavy atom. The summed E-state index contributed by atoms with van der Waals surface area (Å²) in [6.45, 7) is 8.72. The van der Waals surface area contributed by atoms with Gasteiger partial charge in [0.15, 0.2) is 5.82 Å². The minimum Gasteiger partial charge on any atom is -0.490 e. The summed E-state index contributed by atoms with van der Waals surface area (Å²) in [6, 6.07) is 6.41. The topological polar surface area (TPSA) is 139 Å². The van der Waals surface area contributed by atoms with E-state index < -0.39 is 46.2 Å². The summed E-state index contributed by atoms with van der Waals surface area (Å²) < 4.78 is 91.1. The van der Waals surface area contributed by atoms with Crippen molar-refractivity contribution in [3.8, 4) is 29.0 Å². The van der Waals surface area contributed by atoms with Crippen molar-refractivity contribution in [1.82, 2.24) is 19.9 Å². The lowest BCUT2D eigenvalue weighted by Gasteiger charge is -2.30. The highest BCUT2D eigenvalue weighted by Gasteiger charge is 2.46. The highest BCUT2D eigenvalue weighted by Crippen LogP contribution is 2.54. The van der Waals surface area contributed by atoms with Crippen LogP contribution in [0.2, 0.25) is 0 Å². The number of thiophene rings is 1. The van der Waals surface area contributed by atoms with Crippen LogP contribution in [0.25, 0.3) is 32.1 Å². The molecule has 2 aliphatic rings. The Kier molecular flexibility index (Phi) is 10.4. The number of benzene rings is 2. The van der Waals surface area contributed by atoms with Crippen LogP contribution in [0.3, 0.4) is 0 Å². The quantitative estimate of drug-likeness (QED) is 0.111. The molecule has 10 nitrogen and oxygen atoms in total. The molecule has 1 saturated carbocycles. The fourth-order valence-electron chi connectivity index (χ4n) is 7.58. The van der Waals surface area contributed by atoms with Crippen molar-refractivity contribution < 1.29 is 31.4 Å². The second kappa shape index (κ2) is 14.9. The van der Waals surface area contributed by atoms with Gasteiger partial charge >= 0.3 is 12.2 Å². The van der Waals surface area contributed by atoms with E-state index in [2.05, 4.69) is 28.7 Å². The second-order valence-electron chi connectivity index (χ2n) is 14.3. The Hall–Kier alpha value is -5.01. The normalized spacial score (nSPS) is 15.6. The van der Waals surface area contributed by atoms with Crippen LogP contribution in [0.1, 0.15) is 75.6 Å². The molecule has 1 fully saturated rings. The number of nitrogens with two attached hydrogens (primary N) is 2. The van der Waals surface area contributed by atoms with Crippen LogP contribution in [0.15, 0.2) is 30.5 Å². The maximum absolute atomic E-state index is 17.5. The van der Waals surface area contributed by atoms with Gasteiger partial charge in [0, 0.05) is 34.7 Å². The van der Waals surface area contributed by atoms with Crippen molar-refractivity contribution in [2.45, 2.75) is 65.1 Å². The first-order valence-corrected chi connectivity index (χ1v) is 19.1. The fourth-order valence-corrected chi connectivity index (χ4v) is 8.53. The van der Waals surface area contributed by atoms with Crippen molar-refractivity contribution in [2.24, 2.45) is 5.41 Å². The smallest absolute Gasteiger partial charge is 0.420 e. The van der Waals surface area contributed by atoms with Crippen molar-refractivity contribution in [3.05, 3.63) is 58.8 Å². The lowest BCUT2D eigenvalue weighted by atomic mass is 9.91. The molecule has 1 unspecified atom stereocenters. The molecule has 0 amide bonds. The van der Waals surface area contributed by atoms with Gasteiger partial charge in [0.25, 0.3) is 0 Å². The lowest BCUT2D eigenvalue weighted by Crippen LogP contribution is -2.35. The third-order valence-corrected chi connectivity index (χ3v) is 11.5. The van der Waals surface area contributed by atoms with E-state index in [4.69, 9.17) is 25.9 Å². The molecule has 0 bridgehead atoms. The molecule has 4 heterocycles. The van der Waals surface area contributed by atoms with Crippen LogP contribution in [0.4, 0.5) is 38.6 Å². The minimum atomic E-state index is -5.20. The average molecular weight is 781 g/mol. The predicted molar refractivity (Wildman–Crippen MR) is 203 cm³/mol. The Morgan fingerprint density at radius 2 is 1.89 bits per heavy atom. The van der Waals surface area contributed by atoms with Gasteiger partial charge in [0.2, 0.25) is 0 Å². The molecule has 5 aromatic rings. The Bertz CT molecular complexity index is 2310. The van der Waals surface area contributed by atoms with Gasteiger partial charge < -0.3 is 30.7 Å². The van der Waals surface area contributed by atoms with Crippen LogP contribution in [0, 0.1) is 28.4 Å². The van der Waals surface area contributed by atoms with Gasteiger partial charge in [-0.15, -0.1) is 11.3 Å². The Morgan fingerprint density at radius 1 is 1.11 bits per heavy atom. The van der Waals surface area contributed by atoms with Gasteiger partial charge in [-0.3, -0.25) is 0 Å². The van der Waals surface area contributed by atoms with E-state index in [0.29, 0.717) is 16.9 Å². The number of ether oxygens (including phenoxy) is 2. The molecule has 0 radical (unpaired) electrons. The zero-order valence-electron chi connectivity index (χ0n) is 30.7. The van der Waals surface area contributed by atoms with Crippen molar-refractivity contribution in [1.29, 1.82) is 5.26 Å². The molecule has 3 aromatic heterocycles. The molecule has 16 heteroatoms. The Balaban J connectivity index is 1.46. The van der Waals surface area contributed by atoms with E-state index in [1.54, 1.807) is 24.0 Å². The van der Waals surface area contributed by atoms with E-state index in [9.17, 15) is 5.26 Å². The molecule has 0 saturated heterocycles. The van der Waals surface area contributed by atoms with Crippen LogP contribution >= 0.6 is 11.3 Å². The SMILES string of the molecule is CCCCN(CCC)CC1(COc2nc3c4c(c(C(F)(F)F)c(-c5ccc(F)c6sc(N)c(C#N)c56)c(F)c4n2)OCCN3C(C)c2cccnc2N)CC1. The van der Waals surface area contributed by atoms with E-state index in [1.165, 1.54) is 6.20 Å². The summed E-state index contributed by atoms with van der Waals surface area (Å²) in [5.41, 5.74) is 9.14. The number of anilines is 3. The maximum atomic E-state index is 17.5. The van der Waals surface area contributed by atoms with Gasteiger partial charge in [-0.2, -0.15) is 28.4 Å². The second-order valence-corrected chi connectivity index (χ2v) is 15.4. The van der Waals surface area contributed by atoms with Gasteiger partial charge in [-0.1, -0.05) is 32.4 Å². The number of rotatable bonds is 13. The number of nitrogens with zero attached hydrogens (tertiary/aromatic N) is 6. The third kappa shape index (κ3) is 7.04. The maximum Gasteiger partial charge on any atom is 0.420 e. The molecule has 290 valence electrons. The summed E-state index contributed by atoms with van der Waals surface area (Å²) in [6.07, 6.45) is 1.25. The largest absolute Gasteiger partial charge is 0.490 e. The number of unbranched alkanes of at least 4 members (excludes halogenated alkanes) is 1. The van der Waals surface area contributed by atoms with E-state index in [-0.39, 0.29) is 74.4 Å². The zero-order valence-corrected chi connectivity index (χ0v) is 31.5. The first-order valence-electron chi connectivity index (χ1n) is 18.3. The average Bonchev–Trinajstić information content (AvgIpc) is 3.87. The number of nitriles is 1. The van der Waals surface area contributed by atoms with Gasteiger partial charge in [-0.25, -0.2) is 13.8 Å². The summed E-state index contributed by atoms with van der Waals surface area (Å²) in [7, 11) is 0. The number of alkyl halides is 3. The van der Waals surface area contributed by atoms with E-state index >= 15 is 22.0 Å². The van der Waals surface area contributed by atoms with E-state index in [1.807, 2.05) is 6.07 Å². The Labute approximate surface area is 318 Å². The van der Waals surface area contributed by atoms with Crippen LogP contribution in [-0.2, 0) is 6.18 Å². The molecule has 1 aliphatic heterocycles. The summed E-state index contributed by atoms with van der Waals surface area (Å²) >= 11 is 0.694.